The molecule has 2 aromatic rings. The summed E-state index contributed by atoms with van der Waals surface area (Å²) < 4.78 is 5.18. The van der Waals surface area contributed by atoms with Crippen LogP contribution in [-0.4, -0.2) is 24.4 Å². The van der Waals surface area contributed by atoms with Gasteiger partial charge in [0.1, 0.15) is 11.6 Å². The molecule has 128 valence electrons. The third-order valence-electron chi connectivity index (χ3n) is 4.03. The van der Waals surface area contributed by atoms with Crippen molar-refractivity contribution in [2.24, 2.45) is 0 Å². The Balaban J connectivity index is 2.00. The smallest absolute Gasteiger partial charge is 0.135 e. The van der Waals surface area contributed by atoms with Crippen LogP contribution in [0.4, 0.5) is 5.82 Å². The summed E-state index contributed by atoms with van der Waals surface area (Å²) in [5.41, 5.74) is 2.16. The minimum atomic E-state index is 0.472. The molecule has 4 heteroatoms. The molecule has 0 radical (unpaired) electrons. The molecule has 0 amide bonds. The van der Waals surface area contributed by atoms with Gasteiger partial charge >= 0.3 is 0 Å². The summed E-state index contributed by atoms with van der Waals surface area (Å²) in [4.78, 5) is 4.42. The summed E-state index contributed by atoms with van der Waals surface area (Å²) in [6, 6.07) is 11.4. The molecular formula is C20H27N3O. The molecule has 0 saturated heterocycles. The highest BCUT2D eigenvalue weighted by atomic mass is 16.5. The van der Waals surface area contributed by atoms with Crippen LogP contribution in [0.2, 0.25) is 0 Å². The largest absolute Gasteiger partial charge is 0.497 e. The number of benzene rings is 1. The Morgan fingerprint density at radius 1 is 1.08 bits per heavy atom. The second-order valence-corrected chi connectivity index (χ2v) is 5.84. The van der Waals surface area contributed by atoms with E-state index in [1.54, 1.807) is 13.3 Å². The molecule has 1 aromatic heterocycles. The van der Waals surface area contributed by atoms with Gasteiger partial charge in [0.2, 0.25) is 0 Å². The number of anilines is 1. The van der Waals surface area contributed by atoms with Crippen molar-refractivity contribution in [2.75, 3.05) is 19.0 Å². The molecule has 4 nitrogen and oxygen atoms in total. The van der Waals surface area contributed by atoms with E-state index < -0.39 is 0 Å². The van der Waals surface area contributed by atoms with Crippen LogP contribution in [0.15, 0.2) is 42.6 Å². The van der Waals surface area contributed by atoms with Crippen molar-refractivity contribution in [2.45, 2.75) is 39.0 Å². The predicted molar refractivity (Wildman–Crippen MR) is 100 cm³/mol. The van der Waals surface area contributed by atoms with Crippen molar-refractivity contribution in [3.63, 3.8) is 0 Å². The first-order valence-electron chi connectivity index (χ1n) is 8.68. The maximum atomic E-state index is 8.49. The number of hydrogen-bond donors (Lipinski definition) is 2. The lowest BCUT2D eigenvalue weighted by atomic mass is 10.0. The number of ether oxygens (including phenoxy) is 1. The van der Waals surface area contributed by atoms with Gasteiger partial charge in [-0.1, -0.05) is 32.6 Å². The zero-order valence-electron chi connectivity index (χ0n) is 14.6. The Labute approximate surface area is 144 Å². The van der Waals surface area contributed by atoms with Gasteiger partial charge < -0.3 is 10.1 Å². The average molecular weight is 325 g/mol. The monoisotopic (exact) mass is 325 g/mol. The van der Waals surface area contributed by atoms with E-state index in [9.17, 15) is 0 Å². The zero-order chi connectivity index (χ0) is 17.2. The van der Waals surface area contributed by atoms with E-state index in [1.807, 2.05) is 36.4 Å². The molecule has 0 aliphatic rings. The summed E-state index contributed by atoms with van der Waals surface area (Å²) in [5, 5.41) is 11.9. The average Bonchev–Trinajstić information content (AvgIpc) is 2.64. The summed E-state index contributed by atoms with van der Waals surface area (Å²) in [6.07, 6.45) is 7.98. The van der Waals surface area contributed by atoms with Gasteiger partial charge in [0, 0.05) is 23.9 Å². The van der Waals surface area contributed by atoms with Crippen LogP contribution in [0.1, 0.15) is 50.2 Å². The van der Waals surface area contributed by atoms with E-state index in [0.29, 0.717) is 5.71 Å². The number of nitrogens with zero attached hydrogens (tertiary/aromatic N) is 1. The van der Waals surface area contributed by atoms with E-state index in [2.05, 4.69) is 17.2 Å². The molecule has 0 spiro atoms. The van der Waals surface area contributed by atoms with Gasteiger partial charge in [0.15, 0.2) is 0 Å². The van der Waals surface area contributed by atoms with Crippen LogP contribution < -0.4 is 10.1 Å². The fourth-order valence-electron chi connectivity index (χ4n) is 2.60. The standard InChI is InChI=1S/C20H27N3O/c1-3-4-5-6-7-14-22-20-18(9-8-15-23-20)19(21)16-10-12-17(24-2)13-11-16/h8-13,15,21H,3-7,14H2,1-2H3,(H,22,23). The second kappa shape index (κ2) is 9.71. The van der Waals surface area contributed by atoms with Crippen molar-refractivity contribution in [3.8, 4) is 5.75 Å². The van der Waals surface area contributed by atoms with Gasteiger partial charge in [-0.2, -0.15) is 0 Å². The molecule has 0 unspecified atom stereocenters. The van der Waals surface area contributed by atoms with Gasteiger partial charge in [-0.05, 0) is 42.8 Å². The van der Waals surface area contributed by atoms with Crippen LogP contribution in [-0.2, 0) is 0 Å². The molecule has 2 rings (SSSR count). The number of methoxy groups -OCH3 is 1. The topological polar surface area (TPSA) is 58.0 Å². The molecule has 0 atom stereocenters. The van der Waals surface area contributed by atoms with Crippen molar-refractivity contribution in [3.05, 3.63) is 53.7 Å². The van der Waals surface area contributed by atoms with Crippen LogP contribution >= 0.6 is 0 Å². The van der Waals surface area contributed by atoms with Gasteiger partial charge in [0.25, 0.3) is 0 Å². The lowest BCUT2D eigenvalue weighted by molar-refractivity contribution is 0.415. The van der Waals surface area contributed by atoms with Crippen LogP contribution in [0.5, 0.6) is 5.75 Å². The highest BCUT2D eigenvalue weighted by Crippen LogP contribution is 2.19. The molecule has 0 aliphatic heterocycles. The highest BCUT2D eigenvalue weighted by Gasteiger charge is 2.10. The molecule has 0 bridgehead atoms. The number of unbranched alkanes of at least 4 members (excludes halogenated alkanes) is 4. The van der Waals surface area contributed by atoms with Gasteiger partial charge in [-0.15, -0.1) is 0 Å². The van der Waals surface area contributed by atoms with E-state index in [0.717, 1.165) is 35.7 Å². The minimum absolute atomic E-state index is 0.472. The van der Waals surface area contributed by atoms with E-state index in [1.165, 1.54) is 25.7 Å². The minimum Gasteiger partial charge on any atom is -0.497 e. The molecule has 1 aromatic carbocycles. The summed E-state index contributed by atoms with van der Waals surface area (Å²) in [6.45, 7) is 3.12. The Morgan fingerprint density at radius 2 is 1.83 bits per heavy atom. The Kier molecular flexibility index (Phi) is 7.27. The molecule has 0 fully saturated rings. The van der Waals surface area contributed by atoms with Crippen molar-refractivity contribution in [1.29, 1.82) is 5.41 Å². The molecule has 24 heavy (non-hydrogen) atoms. The first-order valence-corrected chi connectivity index (χ1v) is 8.68. The van der Waals surface area contributed by atoms with Gasteiger partial charge in [-0.25, -0.2) is 4.98 Å². The quantitative estimate of drug-likeness (QED) is 0.483. The van der Waals surface area contributed by atoms with E-state index in [-0.39, 0.29) is 0 Å². The Bertz CT molecular complexity index is 638. The third-order valence-corrected chi connectivity index (χ3v) is 4.03. The molecular weight excluding hydrogens is 298 g/mol. The maximum Gasteiger partial charge on any atom is 0.135 e. The van der Waals surface area contributed by atoms with Gasteiger partial charge in [0.05, 0.1) is 12.8 Å². The van der Waals surface area contributed by atoms with Crippen LogP contribution in [0.25, 0.3) is 0 Å². The van der Waals surface area contributed by atoms with Crippen molar-refractivity contribution < 1.29 is 4.74 Å². The fraction of sp³-hybridized carbons (Fsp3) is 0.400. The molecule has 2 N–H and O–H groups in total. The van der Waals surface area contributed by atoms with Crippen molar-refractivity contribution >= 4 is 11.5 Å². The molecule has 0 aliphatic carbocycles. The van der Waals surface area contributed by atoms with Crippen LogP contribution in [0, 0.1) is 5.41 Å². The summed E-state index contributed by atoms with van der Waals surface area (Å²) in [7, 11) is 1.64. The SMILES string of the molecule is CCCCCCCNc1ncccc1C(=N)c1ccc(OC)cc1. The maximum absolute atomic E-state index is 8.49. The summed E-state index contributed by atoms with van der Waals surface area (Å²) >= 11 is 0. The summed E-state index contributed by atoms with van der Waals surface area (Å²) in [5.74, 6) is 1.58. The van der Waals surface area contributed by atoms with Crippen LogP contribution in [0.3, 0.4) is 0 Å². The Morgan fingerprint density at radius 3 is 2.54 bits per heavy atom. The van der Waals surface area contributed by atoms with Gasteiger partial charge in [-0.3, -0.25) is 5.41 Å². The number of hydrogen-bond acceptors (Lipinski definition) is 4. The molecule has 1 heterocycles. The normalized spacial score (nSPS) is 10.4. The lowest BCUT2D eigenvalue weighted by Gasteiger charge is -2.12. The van der Waals surface area contributed by atoms with Crippen molar-refractivity contribution in [1.82, 2.24) is 4.98 Å². The van der Waals surface area contributed by atoms with E-state index >= 15 is 0 Å². The Hall–Kier alpha value is -2.36. The number of rotatable bonds is 10. The second-order valence-electron chi connectivity index (χ2n) is 5.84. The molecule has 0 saturated carbocycles. The first kappa shape index (κ1) is 18.0. The van der Waals surface area contributed by atoms with E-state index in [4.69, 9.17) is 10.1 Å². The zero-order valence-corrected chi connectivity index (χ0v) is 14.6. The third kappa shape index (κ3) is 5.08. The number of nitrogens with one attached hydrogen (secondary N) is 2. The number of pyridine rings is 1. The highest BCUT2D eigenvalue weighted by molar-refractivity contribution is 6.13. The predicted octanol–water partition coefficient (Wildman–Crippen LogP) is 4.89. The number of aromatic nitrogens is 1. The lowest BCUT2D eigenvalue weighted by Crippen LogP contribution is -2.10. The first-order chi connectivity index (χ1) is 11.8. The fourth-order valence-corrected chi connectivity index (χ4v) is 2.60.